The van der Waals surface area contributed by atoms with Crippen molar-refractivity contribution in [3.8, 4) is 0 Å². The number of nitrogens with one attached hydrogen (secondary N) is 1. The molecule has 0 aromatic heterocycles. The van der Waals surface area contributed by atoms with Gasteiger partial charge in [0.1, 0.15) is 0 Å². The van der Waals surface area contributed by atoms with Gasteiger partial charge >= 0.3 is 0 Å². The summed E-state index contributed by atoms with van der Waals surface area (Å²) < 4.78 is 0. The van der Waals surface area contributed by atoms with Crippen molar-refractivity contribution in [3.05, 3.63) is 35.9 Å². The molecule has 1 aromatic carbocycles. The molecule has 2 heterocycles. The molecule has 2 saturated heterocycles. The molecule has 3 rings (SSSR count). The zero-order chi connectivity index (χ0) is 9.38. The van der Waals surface area contributed by atoms with Crippen LogP contribution in [0.15, 0.2) is 30.3 Å². The molecule has 0 unspecified atom stereocenters. The van der Waals surface area contributed by atoms with Crippen molar-refractivity contribution in [1.29, 1.82) is 0 Å². The summed E-state index contributed by atoms with van der Waals surface area (Å²) in [7, 11) is 0. The Morgan fingerprint density at radius 1 is 1.19 bits per heavy atom. The van der Waals surface area contributed by atoms with Crippen LogP contribution in [-0.4, -0.2) is 30.1 Å². The molecule has 0 spiro atoms. The molecule has 2 nitrogen and oxygen atoms in total. The maximum atomic E-state index is 3.53. The lowest BCUT2D eigenvalue weighted by atomic mass is 10.2. The minimum absolute atomic E-state index is 0. The van der Waals surface area contributed by atoms with E-state index in [9.17, 15) is 0 Å². The summed E-state index contributed by atoms with van der Waals surface area (Å²) in [5.41, 5.74) is 1.44. The minimum Gasteiger partial charge on any atom is -0.311 e. The molecular formula is C12H18I2N2. The molecule has 2 aliphatic rings. The van der Waals surface area contributed by atoms with Crippen LogP contribution in [-0.2, 0) is 6.54 Å². The number of fused-ring (bicyclic) bond motifs is 2. The molecule has 4 heteroatoms. The molecule has 2 atom stereocenters. The molecule has 0 aliphatic carbocycles. The van der Waals surface area contributed by atoms with Crippen LogP contribution in [0.2, 0.25) is 0 Å². The largest absolute Gasteiger partial charge is 0.311 e. The van der Waals surface area contributed by atoms with Gasteiger partial charge in [-0.15, -0.1) is 48.0 Å². The highest BCUT2D eigenvalue weighted by atomic mass is 127. The quantitative estimate of drug-likeness (QED) is 0.706. The number of hydrogen-bond donors (Lipinski definition) is 1. The molecule has 90 valence electrons. The van der Waals surface area contributed by atoms with Gasteiger partial charge in [0.15, 0.2) is 0 Å². The first-order chi connectivity index (χ1) is 6.92. The highest BCUT2D eigenvalue weighted by molar-refractivity contribution is 14.0. The molecule has 0 amide bonds. The Bertz CT molecular complexity index is 318. The van der Waals surface area contributed by atoms with Crippen LogP contribution in [0.1, 0.15) is 12.0 Å². The molecule has 2 bridgehead atoms. The van der Waals surface area contributed by atoms with Crippen molar-refractivity contribution < 1.29 is 0 Å². The first-order valence-electron chi connectivity index (χ1n) is 5.43. The number of benzene rings is 1. The molecule has 16 heavy (non-hydrogen) atoms. The SMILES string of the molecule is I.I.c1ccc(CN2C[C@@H]3C[C@H]2CN3)cc1. The lowest BCUT2D eigenvalue weighted by molar-refractivity contribution is 0.218. The predicted molar refractivity (Wildman–Crippen MR) is 87.9 cm³/mol. The summed E-state index contributed by atoms with van der Waals surface area (Å²) in [6, 6.07) is 12.3. The van der Waals surface area contributed by atoms with E-state index in [1.54, 1.807) is 0 Å². The maximum absolute atomic E-state index is 3.53. The van der Waals surface area contributed by atoms with Gasteiger partial charge in [0.05, 0.1) is 0 Å². The van der Waals surface area contributed by atoms with Gasteiger partial charge < -0.3 is 5.32 Å². The standard InChI is InChI=1S/C12H16N2.2HI/c1-2-4-10(5-3-1)8-14-9-11-6-12(14)7-13-11;;/h1-5,11-13H,6-9H2;2*1H/t11-,12-;;/m0../s1. The van der Waals surface area contributed by atoms with Gasteiger partial charge in [-0.25, -0.2) is 0 Å². The topological polar surface area (TPSA) is 15.3 Å². The number of piperazine rings is 1. The second-order valence-electron chi connectivity index (χ2n) is 4.41. The summed E-state index contributed by atoms with van der Waals surface area (Å²) in [6.45, 7) is 3.56. The normalized spacial score (nSPS) is 27.2. The Hall–Kier alpha value is 0.600. The minimum atomic E-state index is 0. The van der Waals surface area contributed by atoms with Gasteiger partial charge in [-0.2, -0.15) is 0 Å². The molecule has 1 aromatic rings. The van der Waals surface area contributed by atoms with Crippen LogP contribution in [0, 0.1) is 0 Å². The van der Waals surface area contributed by atoms with Crippen LogP contribution in [0.5, 0.6) is 0 Å². The third-order valence-electron chi connectivity index (χ3n) is 3.40. The third kappa shape index (κ3) is 3.08. The second-order valence-corrected chi connectivity index (χ2v) is 4.41. The van der Waals surface area contributed by atoms with Crippen molar-refractivity contribution >= 4 is 48.0 Å². The predicted octanol–water partition coefficient (Wildman–Crippen LogP) is 2.47. The van der Waals surface area contributed by atoms with Crippen molar-refractivity contribution in [2.24, 2.45) is 0 Å². The van der Waals surface area contributed by atoms with Gasteiger partial charge in [0.2, 0.25) is 0 Å². The Labute approximate surface area is 131 Å². The van der Waals surface area contributed by atoms with E-state index in [4.69, 9.17) is 0 Å². The van der Waals surface area contributed by atoms with Crippen molar-refractivity contribution in [3.63, 3.8) is 0 Å². The van der Waals surface area contributed by atoms with Crippen molar-refractivity contribution in [1.82, 2.24) is 10.2 Å². The summed E-state index contributed by atoms with van der Waals surface area (Å²) in [6.07, 6.45) is 1.35. The first-order valence-corrected chi connectivity index (χ1v) is 5.43. The van der Waals surface area contributed by atoms with Crippen LogP contribution < -0.4 is 5.32 Å². The zero-order valence-electron chi connectivity index (χ0n) is 9.13. The Balaban J connectivity index is 0.000000640. The lowest BCUT2D eigenvalue weighted by Crippen LogP contribution is -2.42. The molecule has 1 N–H and O–H groups in total. The smallest absolute Gasteiger partial charge is 0.0240 e. The van der Waals surface area contributed by atoms with Crippen molar-refractivity contribution in [2.75, 3.05) is 13.1 Å². The molecule has 0 saturated carbocycles. The van der Waals surface area contributed by atoms with E-state index in [1.165, 1.54) is 25.1 Å². The number of rotatable bonds is 2. The van der Waals surface area contributed by atoms with E-state index in [1.807, 2.05) is 0 Å². The van der Waals surface area contributed by atoms with Crippen LogP contribution in [0.4, 0.5) is 0 Å². The average molecular weight is 444 g/mol. The molecule has 2 fully saturated rings. The van der Waals surface area contributed by atoms with E-state index >= 15 is 0 Å². The third-order valence-corrected chi connectivity index (χ3v) is 3.40. The maximum Gasteiger partial charge on any atom is 0.0240 e. The first kappa shape index (κ1) is 14.7. The van der Waals surface area contributed by atoms with Gasteiger partial charge in [0, 0.05) is 31.7 Å². The number of hydrogen-bond acceptors (Lipinski definition) is 2. The summed E-state index contributed by atoms with van der Waals surface area (Å²) in [4.78, 5) is 2.61. The Kier molecular flexibility index (Phi) is 5.97. The van der Waals surface area contributed by atoms with Gasteiger partial charge in [0.25, 0.3) is 0 Å². The van der Waals surface area contributed by atoms with E-state index in [0.717, 1.165) is 18.6 Å². The van der Waals surface area contributed by atoms with Gasteiger partial charge in [-0.3, -0.25) is 4.90 Å². The van der Waals surface area contributed by atoms with E-state index < -0.39 is 0 Å². The van der Waals surface area contributed by atoms with E-state index in [-0.39, 0.29) is 48.0 Å². The van der Waals surface area contributed by atoms with E-state index in [2.05, 4.69) is 40.5 Å². The van der Waals surface area contributed by atoms with Gasteiger partial charge in [-0.1, -0.05) is 30.3 Å². The van der Waals surface area contributed by atoms with Crippen LogP contribution >= 0.6 is 48.0 Å². The van der Waals surface area contributed by atoms with Gasteiger partial charge in [-0.05, 0) is 12.0 Å². The Morgan fingerprint density at radius 3 is 2.50 bits per heavy atom. The monoisotopic (exact) mass is 444 g/mol. The number of nitrogens with zero attached hydrogens (tertiary/aromatic N) is 1. The van der Waals surface area contributed by atoms with E-state index in [0.29, 0.717) is 0 Å². The second kappa shape index (κ2) is 6.51. The van der Waals surface area contributed by atoms with Crippen molar-refractivity contribution in [2.45, 2.75) is 25.0 Å². The fraction of sp³-hybridized carbons (Fsp3) is 0.500. The zero-order valence-corrected chi connectivity index (χ0v) is 13.8. The molecular weight excluding hydrogens is 426 g/mol. The summed E-state index contributed by atoms with van der Waals surface area (Å²) in [5.74, 6) is 0. The molecule has 2 aliphatic heterocycles. The lowest BCUT2D eigenvalue weighted by Gasteiger charge is -2.27. The van der Waals surface area contributed by atoms with Crippen LogP contribution in [0.3, 0.4) is 0 Å². The fourth-order valence-electron chi connectivity index (χ4n) is 2.66. The van der Waals surface area contributed by atoms with Crippen LogP contribution in [0.25, 0.3) is 0 Å². The highest BCUT2D eigenvalue weighted by Gasteiger charge is 2.36. The highest BCUT2D eigenvalue weighted by Crippen LogP contribution is 2.24. The average Bonchev–Trinajstić information content (AvgIpc) is 2.81. The molecule has 0 radical (unpaired) electrons. The Morgan fingerprint density at radius 2 is 1.94 bits per heavy atom. The summed E-state index contributed by atoms with van der Waals surface area (Å²) >= 11 is 0. The summed E-state index contributed by atoms with van der Waals surface area (Å²) in [5, 5.41) is 3.53. The number of likely N-dealkylation sites (tertiary alicyclic amines) is 1. The fourth-order valence-corrected chi connectivity index (χ4v) is 2.66. The number of halogens is 2.